The molecule has 0 bridgehead atoms. The first-order valence-corrected chi connectivity index (χ1v) is 9.97. The summed E-state index contributed by atoms with van der Waals surface area (Å²) in [5.41, 5.74) is 2.10. The van der Waals surface area contributed by atoms with E-state index in [1.165, 1.54) is 6.42 Å². The van der Waals surface area contributed by atoms with Crippen LogP contribution < -0.4 is 15.4 Å². The van der Waals surface area contributed by atoms with Crippen LogP contribution in [0.5, 0.6) is 5.75 Å². The molecule has 2 aromatic carbocycles. The maximum Gasteiger partial charge on any atom is 0.265 e. The molecule has 1 atom stereocenters. The summed E-state index contributed by atoms with van der Waals surface area (Å²) in [5, 5.41) is 5.94. The predicted octanol–water partition coefficient (Wildman–Crippen LogP) is 4.46. The normalized spacial score (nSPS) is 15.5. The van der Waals surface area contributed by atoms with E-state index in [-0.39, 0.29) is 17.9 Å². The van der Waals surface area contributed by atoms with E-state index in [0.717, 1.165) is 31.2 Å². The fourth-order valence-corrected chi connectivity index (χ4v) is 3.41. The summed E-state index contributed by atoms with van der Waals surface area (Å²) < 4.78 is 5.71. The highest BCUT2D eigenvalue weighted by Gasteiger charge is 2.21. The van der Waals surface area contributed by atoms with E-state index in [9.17, 15) is 9.59 Å². The zero-order chi connectivity index (χ0) is 19.9. The van der Waals surface area contributed by atoms with Gasteiger partial charge < -0.3 is 15.4 Å². The van der Waals surface area contributed by atoms with Gasteiger partial charge >= 0.3 is 0 Å². The standard InChI is InChI=1S/C23H28N2O3/c1-16-12-14-19(15-13-16)28-17(2)22(26)25-21-11-7-6-10-20(21)23(27)24-18-8-4-3-5-9-18/h6-7,10-15,17-18H,3-5,8-9H2,1-2H3,(H,24,27)(H,25,26)/t17-/m0/s1. The number of anilines is 1. The Morgan fingerprint density at radius 1 is 1.00 bits per heavy atom. The van der Waals surface area contributed by atoms with Crippen molar-refractivity contribution in [3.63, 3.8) is 0 Å². The second-order valence-electron chi connectivity index (χ2n) is 7.42. The van der Waals surface area contributed by atoms with E-state index in [0.29, 0.717) is 17.0 Å². The van der Waals surface area contributed by atoms with Crippen LogP contribution in [0.3, 0.4) is 0 Å². The third kappa shape index (κ3) is 5.35. The van der Waals surface area contributed by atoms with Gasteiger partial charge in [-0.3, -0.25) is 9.59 Å². The van der Waals surface area contributed by atoms with Crippen LogP contribution in [0, 0.1) is 6.92 Å². The number of benzene rings is 2. The molecular formula is C23H28N2O3. The molecule has 0 spiro atoms. The summed E-state index contributed by atoms with van der Waals surface area (Å²) in [4.78, 5) is 25.3. The van der Waals surface area contributed by atoms with Gasteiger partial charge in [0.1, 0.15) is 5.75 Å². The molecule has 1 fully saturated rings. The summed E-state index contributed by atoms with van der Waals surface area (Å²) in [5.74, 6) is 0.199. The van der Waals surface area contributed by atoms with Gasteiger partial charge in [-0.25, -0.2) is 0 Å². The van der Waals surface area contributed by atoms with Crippen LogP contribution in [0.1, 0.15) is 54.9 Å². The average molecular weight is 380 g/mol. The van der Waals surface area contributed by atoms with Gasteiger partial charge in [-0.1, -0.05) is 49.1 Å². The number of rotatable bonds is 6. The Kier molecular flexibility index (Phi) is 6.69. The number of para-hydroxylation sites is 1. The Morgan fingerprint density at radius 3 is 2.39 bits per heavy atom. The minimum Gasteiger partial charge on any atom is -0.481 e. The van der Waals surface area contributed by atoms with Crippen molar-refractivity contribution in [2.24, 2.45) is 0 Å². The summed E-state index contributed by atoms with van der Waals surface area (Å²) in [7, 11) is 0. The lowest BCUT2D eigenvalue weighted by molar-refractivity contribution is -0.122. The van der Waals surface area contributed by atoms with Gasteiger partial charge in [-0.15, -0.1) is 0 Å². The number of hydrogen-bond donors (Lipinski definition) is 2. The van der Waals surface area contributed by atoms with Crippen molar-refractivity contribution in [3.8, 4) is 5.75 Å². The molecule has 1 aliphatic carbocycles. The number of carbonyl (C=O) groups is 2. The van der Waals surface area contributed by atoms with Crippen LogP contribution in [0.25, 0.3) is 0 Å². The van der Waals surface area contributed by atoms with E-state index >= 15 is 0 Å². The van der Waals surface area contributed by atoms with Crippen LogP contribution >= 0.6 is 0 Å². The van der Waals surface area contributed by atoms with E-state index in [1.54, 1.807) is 31.2 Å². The summed E-state index contributed by atoms with van der Waals surface area (Å²) in [6.45, 7) is 3.69. The van der Waals surface area contributed by atoms with E-state index < -0.39 is 6.10 Å². The Morgan fingerprint density at radius 2 is 1.68 bits per heavy atom. The largest absolute Gasteiger partial charge is 0.481 e. The van der Waals surface area contributed by atoms with Crippen LogP contribution in [0.15, 0.2) is 48.5 Å². The quantitative estimate of drug-likeness (QED) is 0.777. The third-order valence-corrected chi connectivity index (χ3v) is 5.07. The number of aryl methyl sites for hydroxylation is 1. The van der Waals surface area contributed by atoms with Gasteiger partial charge in [-0.05, 0) is 51.0 Å². The first kappa shape index (κ1) is 19.9. The molecule has 148 valence electrons. The molecule has 0 saturated heterocycles. The van der Waals surface area contributed by atoms with Crippen molar-refractivity contribution in [2.45, 2.75) is 58.1 Å². The molecule has 3 rings (SSSR count). The van der Waals surface area contributed by atoms with Crippen molar-refractivity contribution in [1.82, 2.24) is 5.32 Å². The maximum atomic E-state index is 12.7. The Bertz CT molecular complexity index is 811. The van der Waals surface area contributed by atoms with Crippen molar-refractivity contribution in [1.29, 1.82) is 0 Å². The molecule has 0 radical (unpaired) electrons. The van der Waals surface area contributed by atoms with Gasteiger partial charge in [0, 0.05) is 6.04 Å². The molecule has 5 nitrogen and oxygen atoms in total. The minimum absolute atomic E-state index is 0.144. The molecule has 2 N–H and O–H groups in total. The number of hydrogen-bond acceptors (Lipinski definition) is 3. The lowest BCUT2D eigenvalue weighted by atomic mass is 9.95. The zero-order valence-electron chi connectivity index (χ0n) is 16.5. The SMILES string of the molecule is Cc1ccc(O[C@@H](C)C(=O)Nc2ccccc2C(=O)NC2CCCCC2)cc1. The molecule has 1 saturated carbocycles. The lowest BCUT2D eigenvalue weighted by Crippen LogP contribution is -2.37. The fraction of sp³-hybridized carbons (Fsp3) is 0.391. The summed E-state index contributed by atoms with van der Waals surface area (Å²) in [6.07, 6.45) is 4.88. The van der Waals surface area contributed by atoms with Crippen LogP contribution in [-0.2, 0) is 4.79 Å². The summed E-state index contributed by atoms with van der Waals surface area (Å²) >= 11 is 0. The molecule has 2 amide bonds. The highest BCUT2D eigenvalue weighted by atomic mass is 16.5. The van der Waals surface area contributed by atoms with Crippen LogP contribution in [0.4, 0.5) is 5.69 Å². The fourth-order valence-electron chi connectivity index (χ4n) is 3.41. The molecule has 2 aromatic rings. The molecule has 0 aliphatic heterocycles. The maximum absolute atomic E-state index is 12.7. The van der Waals surface area contributed by atoms with Crippen LogP contribution in [0.2, 0.25) is 0 Å². The minimum atomic E-state index is -0.683. The predicted molar refractivity (Wildman–Crippen MR) is 111 cm³/mol. The molecule has 5 heteroatoms. The summed E-state index contributed by atoms with van der Waals surface area (Å²) in [6, 6.07) is 14.8. The highest BCUT2D eigenvalue weighted by Crippen LogP contribution is 2.21. The average Bonchev–Trinajstić information content (AvgIpc) is 2.70. The number of amides is 2. The first-order valence-electron chi connectivity index (χ1n) is 9.97. The third-order valence-electron chi connectivity index (χ3n) is 5.07. The molecular weight excluding hydrogens is 352 g/mol. The van der Waals surface area contributed by atoms with E-state index in [1.807, 2.05) is 31.2 Å². The van der Waals surface area contributed by atoms with Crippen molar-refractivity contribution in [3.05, 3.63) is 59.7 Å². The second-order valence-corrected chi connectivity index (χ2v) is 7.42. The van der Waals surface area contributed by atoms with E-state index in [4.69, 9.17) is 4.74 Å². The van der Waals surface area contributed by atoms with Gasteiger partial charge in [-0.2, -0.15) is 0 Å². The number of carbonyl (C=O) groups excluding carboxylic acids is 2. The van der Waals surface area contributed by atoms with Gasteiger partial charge in [0.05, 0.1) is 11.3 Å². The van der Waals surface area contributed by atoms with Gasteiger partial charge in [0.25, 0.3) is 11.8 Å². The number of nitrogens with one attached hydrogen (secondary N) is 2. The highest BCUT2D eigenvalue weighted by molar-refractivity contribution is 6.04. The Labute approximate surface area is 166 Å². The van der Waals surface area contributed by atoms with Crippen molar-refractivity contribution in [2.75, 3.05) is 5.32 Å². The van der Waals surface area contributed by atoms with Crippen LogP contribution in [-0.4, -0.2) is 24.0 Å². The zero-order valence-corrected chi connectivity index (χ0v) is 16.5. The Hall–Kier alpha value is -2.82. The van der Waals surface area contributed by atoms with Gasteiger partial charge in [0.15, 0.2) is 6.10 Å². The lowest BCUT2D eigenvalue weighted by Gasteiger charge is -2.23. The van der Waals surface area contributed by atoms with Crippen molar-refractivity contribution >= 4 is 17.5 Å². The smallest absolute Gasteiger partial charge is 0.265 e. The monoisotopic (exact) mass is 380 g/mol. The van der Waals surface area contributed by atoms with Gasteiger partial charge in [0.2, 0.25) is 0 Å². The molecule has 0 unspecified atom stereocenters. The molecule has 28 heavy (non-hydrogen) atoms. The first-order chi connectivity index (χ1) is 13.5. The molecule has 0 aromatic heterocycles. The molecule has 0 heterocycles. The second kappa shape index (κ2) is 9.40. The van der Waals surface area contributed by atoms with Crippen molar-refractivity contribution < 1.29 is 14.3 Å². The molecule has 1 aliphatic rings. The van der Waals surface area contributed by atoms with E-state index in [2.05, 4.69) is 10.6 Å². The Balaban J connectivity index is 1.63. The topological polar surface area (TPSA) is 67.4 Å². The number of ether oxygens (including phenoxy) is 1.